The second-order valence-electron chi connectivity index (χ2n) is 4.93. The molecule has 0 heterocycles. The van der Waals surface area contributed by atoms with Crippen molar-refractivity contribution in [3.8, 4) is 5.75 Å². The van der Waals surface area contributed by atoms with Gasteiger partial charge < -0.3 is 14.8 Å². The smallest absolute Gasteiger partial charge is 0.342 e. The predicted molar refractivity (Wildman–Crippen MR) is 86.5 cm³/mol. The molecule has 2 aromatic rings. The van der Waals surface area contributed by atoms with E-state index in [9.17, 15) is 18.4 Å². The zero-order valence-corrected chi connectivity index (χ0v) is 13.9. The average Bonchev–Trinajstić information content (AvgIpc) is 2.58. The molecule has 1 N–H and O–H groups in total. The van der Waals surface area contributed by atoms with Crippen LogP contribution in [-0.4, -0.2) is 25.6 Å². The van der Waals surface area contributed by atoms with Gasteiger partial charge in [-0.1, -0.05) is 17.7 Å². The Kier molecular flexibility index (Phi) is 6.30. The van der Waals surface area contributed by atoms with E-state index in [-0.39, 0.29) is 23.4 Å². The first-order valence-corrected chi connectivity index (χ1v) is 7.50. The van der Waals surface area contributed by atoms with Gasteiger partial charge in [-0.3, -0.25) is 4.79 Å². The molecule has 8 heteroatoms. The number of hydrogen-bond acceptors (Lipinski definition) is 4. The quantitative estimate of drug-likeness (QED) is 0.795. The minimum Gasteiger partial charge on any atom is -0.496 e. The maximum Gasteiger partial charge on any atom is 0.342 e. The van der Waals surface area contributed by atoms with Crippen LogP contribution in [0.25, 0.3) is 0 Å². The summed E-state index contributed by atoms with van der Waals surface area (Å²) >= 11 is 5.80. The van der Waals surface area contributed by atoms with Crippen molar-refractivity contribution in [3.63, 3.8) is 0 Å². The normalized spacial score (nSPS) is 10.2. The van der Waals surface area contributed by atoms with Crippen LogP contribution in [0.3, 0.4) is 0 Å². The first-order chi connectivity index (χ1) is 11.9. The molecule has 0 bridgehead atoms. The number of ether oxygens (including phenoxy) is 2. The van der Waals surface area contributed by atoms with E-state index in [1.165, 1.54) is 31.4 Å². The topological polar surface area (TPSA) is 64.6 Å². The van der Waals surface area contributed by atoms with Crippen molar-refractivity contribution >= 4 is 23.5 Å². The van der Waals surface area contributed by atoms with Crippen molar-refractivity contribution in [1.82, 2.24) is 5.32 Å². The maximum atomic E-state index is 13.5. The fraction of sp³-hybridized carbons (Fsp3) is 0.176. The maximum absolute atomic E-state index is 13.5. The monoisotopic (exact) mass is 369 g/mol. The first-order valence-electron chi connectivity index (χ1n) is 7.12. The largest absolute Gasteiger partial charge is 0.496 e. The Morgan fingerprint density at radius 3 is 2.60 bits per heavy atom. The minimum atomic E-state index is -0.775. The number of benzene rings is 2. The highest BCUT2D eigenvalue weighted by Crippen LogP contribution is 2.23. The van der Waals surface area contributed by atoms with E-state index >= 15 is 0 Å². The Labute approximate surface area is 147 Å². The lowest BCUT2D eigenvalue weighted by Gasteiger charge is -2.10. The van der Waals surface area contributed by atoms with Gasteiger partial charge in [0.25, 0.3) is 5.91 Å². The summed E-state index contributed by atoms with van der Waals surface area (Å²) in [7, 11) is 1.37. The fourth-order valence-electron chi connectivity index (χ4n) is 1.95. The lowest BCUT2D eigenvalue weighted by Crippen LogP contribution is -2.28. The zero-order chi connectivity index (χ0) is 18.4. The molecule has 2 aromatic carbocycles. The van der Waals surface area contributed by atoms with E-state index in [0.717, 1.165) is 6.07 Å². The third-order valence-corrected chi connectivity index (χ3v) is 3.44. The van der Waals surface area contributed by atoms with Gasteiger partial charge in [0.2, 0.25) is 0 Å². The van der Waals surface area contributed by atoms with E-state index < -0.39 is 30.1 Å². The van der Waals surface area contributed by atoms with Crippen LogP contribution in [0.5, 0.6) is 5.75 Å². The Morgan fingerprint density at radius 2 is 1.92 bits per heavy atom. The van der Waals surface area contributed by atoms with Crippen molar-refractivity contribution in [1.29, 1.82) is 0 Å². The Hall–Kier alpha value is -2.67. The Morgan fingerprint density at radius 1 is 1.16 bits per heavy atom. The van der Waals surface area contributed by atoms with Crippen LogP contribution in [0, 0.1) is 11.6 Å². The van der Waals surface area contributed by atoms with Gasteiger partial charge in [0.1, 0.15) is 22.9 Å². The van der Waals surface area contributed by atoms with Crippen molar-refractivity contribution in [2.45, 2.75) is 6.54 Å². The highest BCUT2D eigenvalue weighted by molar-refractivity contribution is 6.30. The van der Waals surface area contributed by atoms with Gasteiger partial charge in [-0.25, -0.2) is 13.6 Å². The lowest BCUT2D eigenvalue weighted by molar-refractivity contribution is -0.124. The molecule has 0 aliphatic heterocycles. The first kappa shape index (κ1) is 18.7. The third kappa shape index (κ3) is 5.15. The van der Waals surface area contributed by atoms with Crippen LogP contribution in [0.2, 0.25) is 5.02 Å². The summed E-state index contributed by atoms with van der Waals surface area (Å²) in [4.78, 5) is 23.7. The highest BCUT2D eigenvalue weighted by atomic mass is 35.5. The number of hydrogen-bond donors (Lipinski definition) is 1. The van der Waals surface area contributed by atoms with Gasteiger partial charge in [0.15, 0.2) is 6.61 Å². The molecule has 0 aromatic heterocycles. The van der Waals surface area contributed by atoms with Gasteiger partial charge in [0.05, 0.1) is 7.11 Å². The van der Waals surface area contributed by atoms with E-state index in [1.807, 2.05) is 0 Å². The van der Waals surface area contributed by atoms with Crippen molar-refractivity contribution in [2.24, 2.45) is 0 Å². The van der Waals surface area contributed by atoms with Crippen molar-refractivity contribution in [3.05, 3.63) is 64.2 Å². The summed E-state index contributed by atoms with van der Waals surface area (Å²) in [6.45, 7) is -0.722. The number of rotatable bonds is 6. The summed E-state index contributed by atoms with van der Waals surface area (Å²) < 4.78 is 36.2. The molecule has 1 amide bonds. The molecule has 0 saturated carbocycles. The Balaban J connectivity index is 1.88. The molecule has 0 saturated heterocycles. The SMILES string of the molecule is COc1cc(Cl)ccc1C(=O)OCC(=O)NCc1ccc(F)cc1F. The molecule has 0 fully saturated rings. The van der Waals surface area contributed by atoms with Crippen LogP contribution in [0.15, 0.2) is 36.4 Å². The van der Waals surface area contributed by atoms with Crippen molar-refractivity contribution < 1.29 is 27.8 Å². The van der Waals surface area contributed by atoms with Gasteiger partial charge in [-0.05, 0) is 24.3 Å². The Bertz CT molecular complexity index is 798. The van der Waals surface area contributed by atoms with Crippen LogP contribution >= 0.6 is 11.6 Å². The second kappa shape index (κ2) is 8.43. The summed E-state index contributed by atoms with van der Waals surface area (Å²) in [5.74, 6) is -2.67. The molecule has 25 heavy (non-hydrogen) atoms. The number of nitrogens with one attached hydrogen (secondary N) is 1. The van der Waals surface area contributed by atoms with Gasteiger partial charge in [0, 0.05) is 23.2 Å². The van der Waals surface area contributed by atoms with E-state index in [2.05, 4.69) is 5.32 Å². The van der Waals surface area contributed by atoms with Crippen LogP contribution in [0.1, 0.15) is 15.9 Å². The van der Waals surface area contributed by atoms with Crippen LogP contribution < -0.4 is 10.1 Å². The van der Waals surface area contributed by atoms with Gasteiger partial charge in [-0.2, -0.15) is 0 Å². The minimum absolute atomic E-state index is 0.112. The second-order valence-corrected chi connectivity index (χ2v) is 5.37. The number of methoxy groups -OCH3 is 1. The molecule has 0 aliphatic carbocycles. The van der Waals surface area contributed by atoms with Crippen LogP contribution in [-0.2, 0) is 16.1 Å². The molecular weight excluding hydrogens is 356 g/mol. The summed E-state index contributed by atoms with van der Waals surface area (Å²) in [6.07, 6.45) is 0. The number of amides is 1. The summed E-state index contributed by atoms with van der Waals surface area (Å²) in [6, 6.07) is 7.35. The molecule has 5 nitrogen and oxygen atoms in total. The number of halogens is 3. The highest BCUT2D eigenvalue weighted by Gasteiger charge is 2.16. The molecule has 132 valence electrons. The number of carbonyl (C=O) groups excluding carboxylic acids is 2. The molecule has 0 spiro atoms. The van der Waals surface area contributed by atoms with E-state index in [1.54, 1.807) is 0 Å². The average molecular weight is 370 g/mol. The van der Waals surface area contributed by atoms with Gasteiger partial charge in [-0.15, -0.1) is 0 Å². The standard InChI is InChI=1S/C17H14ClF2NO4/c1-24-15-6-11(18)3-5-13(15)17(23)25-9-16(22)21-8-10-2-4-12(19)7-14(10)20/h2-7H,8-9H2,1H3,(H,21,22). The van der Waals surface area contributed by atoms with E-state index in [0.29, 0.717) is 11.1 Å². The molecular formula is C17H14ClF2NO4. The molecule has 0 unspecified atom stereocenters. The van der Waals surface area contributed by atoms with Gasteiger partial charge >= 0.3 is 5.97 Å². The molecule has 2 rings (SSSR count). The van der Waals surface area contributed by atoms with E-state index in [4.69, 9.17) is 21.1 Å². The number of carbonyl (C=O) groups is 2. The fourth-order valence-corrected chi connectivity index (χ4v) is 2.11. The zero-order valence-electron chi connectivity index (χ0n) is 13.1. The third-order valence-electron chi connectivity index (χ3n) is 3.21. The predicted octanol–water partition coefficient (Wildman–Crippen LogP) is 3.10. The molecule has 0 radical (unpaired) electrons. The van der Waals surface area contributed by atoms with Crippen molar-refractivity contribution in [2.75, 3.05) is 13.7 Å². The molecule has 0 atom stereocenters. The number of esters is 1. The summed E-state index contributed by atoms with van der Waals surface area (Å²) in [5, 5.41) is 2.75. The molecule has 0 aliphatic rings. The van der Waals surface area contributed by atoms with Crippen LogP contribution in [0.4, 0.5) is 8.78 Å². The summed E-state index contributed by atoms with van der Waals surface area (Å²) in [5.41, 5.74) is 0.227. The lowest BCUT2D eigenvalue weighted by atomic mass is 10.2.